The molecule has 0 bridgehead atoms. The molecule has 0 radical (unpaired) electrons. The van der Waals surface area contributed by atoms with E-state index in [4.69, 9.17) is 5.41 Å². The van der Waals surface area contributed by atoms with Crippen molar-refractivity contribution in [2.24, 2.45) is 0 Å². The molecule has 1 amide bonds. The number of fused-ring (bicyclic) bond motifs is 2. The van der Waals surface area contributed by atoms with E-state index in [1.54, 1.807) is 6.07 Å². The molecule has 2 aromatic carbocycles. The Labute approximate surface area is 154 Å². The van der Waals surface area contributed by atoms with Gasteiger partial charge in [-0.05, 0) is 48.7 Å². The first-order chi connectivity index (χ1) is 12.9. The number of aromatic hydroxyl groups is 1. The van der Waals surface area contributed by atoms with Crippen LogP contribution in [-0.4, -0.2) is 17.2 Å². The van der Waals surface area contributed by atoms with Crippen molar-refractivity contribution >= 4 is 29.2 Å². The molecule has 1 heterocycles. The fraction of sp³-hybridized carbons (Fsp3) is 0.200. The molecule has 1 aliphatic carbocycles. The van der Waals surface area contributed by atoms with E-state index in [1.807, 2.05) is 0 Å². The lowest BCUT2D eigenvalue weighted by atomic mass is 9.65. The second-order valence-corrected chi connectivity index (χ2v) is 6.80. The van der Waals surface area contributed by atoms with Gasteiger partial charge in [0.25, 0.3) is 0 Å². The Morgan fingerprint density at radius 1 is 1.26 bits per heavy atom. The second kappa shape index (κ2) is 6.19. The molecule has 7 heteroatoms. The first-order valence-electron chi connectivity index (χ1n) is 8.57. The number of halogens is 2. The Bertz CT molecular complexity index is 997. The maximum Gasteiger partial charge on any atom is 0.235 e. The highest BCUT2D eigenvalue weighted by Gasteiger charge is 2.52. The summed E-state index contributed by atoms with van der Waals surface area (Å²) >= 11 is 0. The van der Waals surface area contributed by atoms with Gasteiger partial charge in [0.2, 0.25) is 5.91 Å². The molecule has 0 unspecified atom stereocenters. The molecule has 1 aliphatic heterocycles. The fourth-order valence-electron chi connectivity index (χ4n) is 3.70. The molecular weight excluding hydrogens is 352 g/mol. The van der Waals surface area contributed by atoms with Crippen LogP contribution in [0.25, 0.3) is 5.70 Å². The Morgan fingerprint density at radius 3 is 2.67 bits per heavy atom. The number of rotatable bonds is 4. The normalized spacial score (nSPS) is 17.3. The zero-order valence-electron chi connectivity index (χ0n) is 14.3. The second-order valence-electron chi connectivity index (χ2n) is 6.80. The molecule has 1 fully saturated rings. The first kappa shape index (κ1) is 17.2. The Morgan fingerprint density at radius 2 is 2.04 bits per heavy atom. The lowest BCUT2D eigenvalue weighted by molar-refractivity contribution is -0.123. The SMILES string of the molecule is N=C/C=C(\Nc1ccc(F)cc1F)c1cc(O)c2c(c1)C1(CCC1)C(=O)N2. The summed E-state index contributed by atoms with van der Waals surface area (Å²) < 4.78 is 27.1. The van der Waals surface area contributed by atoms with Crippen LogP contribution < -0.4 is 10.6 Å². The van der Waals surface area contributed by atoms with E-state index in [2.05, 4.69) is 10.6 Å². The van der Waals surface area contributed by atoms with Crippen LogP contribution in [0.15, 0.2) is 36.4 Å². The number of carbonyl (C=O) groups is 1. The van der Waals surface area contributed by atoms with Crippen molar-refractivity contribution in [3.8, 4) is 5.75 Å². The van der Waals surface area contributed by atoms with Crippen LogP contribution in [0.3, 0.4) is 0 Å². The van der Waals surface area contributed by atoms with Gasteiger partial charge in [0.1, 0.15) is 17.4 Å². The van der Waals surface area contributed by atoms with Crippen molar-refractivity contribution in [3.05, 3.63) is 59.2 Å². The lowest BCUT2D eigenvalue weighted by Crippen LogP contribution is -2.40. The van der Waals surface area contributed by atoms with Gasteiger partial charge >= 0.3 is 0 Å². The van der Waals surface area contributed by atoms with Crippen LogP contribution in [0.1, 0.15) is 30.4 Å². The lowest BCUT2D eigenvalue weighted by Gasteiger charge is -2.36. The van der Waals surface area contributed by atoms with Crippen molar-refractivity contribution in [2.45, 2.75) is 24.7 Å². The van der Waals surface area contributed by atoms with Gasteiger partial charge in [0.15, 0.2) is 0 Å². The average Bonchev–Trinajstić information content (AvgIpc) is 2.89. The predicted molar refractivity (Wildman–Crippen MR) is 99.0 cm³/mol. The predicted octanol–water partition coefficient (Wildman–Crippen LogP) is 4.15. The summed E-state index contributed by atoms with van der Waals surface area (Å²) in [5.41, 5.74) is 1.39. The maximum absolute atomic E-state index is 14.0. The molecule has 0 aromatic heterocycles. The summed E-state index contributed by atoms with van der Waals surface area (Å²) in [5, 5.41) is 23.4. The number of phenolic OH excluding ortho intramolecular Hbond substituents is 1. The van der Waals surface area contributed by atoms with Crippen molar-refractivity contribution < 1.29 is 18.7 Å². The van der Waals surface area contributed by atoms with Crippen LogP contribution in [0.5, 0.6) is 5.75 Å². The zero-order valence-corrected chi connectivity index (χ0v) is 14.3. The van der Waals surface area contributed by atoms with Gasteiger partial charge in [-0.25, -0.2) is 8.78 Å². The quantitative estimate of drug-likeness (QED) is 0.483. The largest absolute Gasteiger partial charge is 0.506 e. The van der Waals surface area contributed by atoms with Crippen LogP contribution in [0.4, 0.5) is 20.2 Å². The number of amides is 1. The molecule has 27 heavy (non-hydrogen) atoms. The number of benzene rings is 2. The van der Waals surface area contributed by atoms with E-state index < -0.39 is 17.0 Å². The van der Waals surface area contributed by atoms with E-state index in [0.29, 0.717) is 35.4 Å². The Kier molecular flexibility index (Phi) is 3.95. The molecule has 1 spiro atoms. The van der Waals surface area contributed by atoms with Crippen LogP contribution in [-0.2, 0) is 10.2 Å². The van der Waals surface area contributed by atoms with Gasteiger partial charge < -0.3 is 21.1 Å². The molecule has 4 N–H and O–H groups in total. The van der Waals surface area contributed by atoms with Gasteiger partial charge in [-0.2, -0.15) is 0 Å². The average molecular weight is 369 g/mol. The van der Waals surface area contributed by atoms with Crippen molar-refractivity contribution in [2.75, 3.05) is 10.6 Å². The minimum absolute atomic E-state index is 0.0389. The van der Waals surface area contributed by atoms with Gasteiger partial charge in [0.05, 0.1) is 16.8 Å². The highest BCUT2D eigenvalue weighted by atomic mass is 19.1. The zero-order chi connectivity index (χ0) is 19.2. The topological polar surface area (TPSA) is 85.2 Å². The van der Waals surface area contributed by atoms with E-state index in [9.17, 15) is 18.7 Å². The number of hydrogen-bond donors (Lipinski definition) is 4. The summed E-state index contributed by atoms with van der Waals surface area (Å²) in [6, 6.07) is 6.36. The third-order valence-electron chi connectivity index (χ3n) is 5.27. The van der Waals surface area contributed by atoms with Gasteiger partial charge in [-0.1, -0.05) is 6.42 Å². The highest BCUT2D eigenvalue weighted by molar-refractivity contribution is 6.09. The molecule has 5 nitrogen and oxygen atoms in total. The molecule has 2 aromatic rings. The molecule has 2 aliphatic rings. The highest BCUT2D eigenvalue weighted by Crippen LogP contribution is 2.54. The smallest absolute Gasteiger partial charge is 0.235 e. The van der Waals surface area contributed by atoms with Gasteiger partial charge in [-0.3, -0.25) is 4.79 Å². The fourth-order valence-corrected chi connectivity index (χ4v) is 3.70. The molecule has 0 atom stereocenters. The van der Waals surface area contributed by atoms with Gasteiger partial charge in [-0.15, -0.1) is 0 Å². The standard InChI is InChI=1S/C20H17F2N3O2/c21-12-2-3-16(14(22)10-12)24-15(4-7-23)11-8-13-18(17(26)9-11)25-19(27)20(13)5-1-6-20/h2-4,7-10,23-24,26H,1,5-6H2,(H,25,27)/b15-4-,23-7?. The van der Waals surface area contributed by atoms with Crippen molar-refractivity contribution in [3.63, 3.8) is 0 Å². The van der Waals surface area contributed by atoms with Crippen molar-refractivity contribution in [1.29, 1.82) is 5.41 Å². The Hall–Kier alpha value is -3.22. The molecule has 138 valence electrons. The third kappa shape index (κ3) is 2.66. The minimum Gasteiger partial charge on any atom is -0.506 e. The molecule has 1 saturated carbocycles. The monoisotopic (exact) mass is 369 g/mol. The number of anilines is 2. The molecule has 4 rings (SSSR count). The summed E-state index contributed by atoms with van der Waals surface area (Å²) in [5.74, 6) is -1.67. The van der Waals surface area contributed by atoms with E-state index in [0.717, 1.165) is 24.8 Å². The van der Waals surface area contributed by atoms with Gasteiger partial charge in [0, 0.05) is 23.5 Å². The van der Waals surface area contributed by atoms with E-state index in [1.165, 1.54) is 18.2 Å². The molecular formula is C20H17F2N3O2. The summed E-state index contributed by atoms with van der Waals surface area (Å²) in [4.78, 5) is 12.4. The third-order valence-corrected chi connectivity index (χ3v) is 5.27. The number of hydrogen-bond acceptors (Lipinski definition) is 4. The summed E-state index contributed by atoms with van der Waals surface area (Å²) in [6.45, 7) is 0. The van der Waals surface area contributed by atoms with E-state index in [-0.39, 0.29) is 17.3 Å². The van der Waals surface area contributed by atoms with Crippen molar-refractivity contribution in [1.82, 2.24) is 0 Å². The van der Waals surface area contributed by atoms with E-state index >= 15 is 0 Å². The summed E-state index contributed by atoms with van der Waals surface area (Å²) in [7, 11) is 0. The summed E-state index contributed by atoms with van der Waals surface area (Å²) in [6.07, 6.45) is 4.77. The Balaban J connectivity index is 1.77. The maximum atomic E-state index is 14.0. The molecule has 0 saturated heterocycles. The van der Waals surface area contributed by atoms with Crippen LogP contribution in [0, 0.1) is 17.0 Å². The number of carbonyl (C=O) groups excluding carboxylic acids is 1. The number of phenols is 1. The van der Waals surface area contributed by atoms with Crippen LogP contribution >= 0.6 is 0 Å². The first-order valence-corrected chi connectivity index (χ1v) is 8.57. The minimum atomic E-state index is -0.774. The number of allylic oxidation sites excluding steroid dienone is 1. The number of nitrogens with one attached hydrogen (secondary N) is 3. The van der Waals surface area contributed by atoms with Crippen LogP contribution in [0.2, 0.25) is 0 Å².